The lowest BCUT2D eigenvalue weighted by molar-refractivity contribution is -0.139. The molecule has 10 nitrogen and oxygen atoms in total. The van der Waals surface area contributed by atoms with Crippen LogP contribution in [0, 0.1) is 0 Å². The first-order valence-electron chi connectivity index (χ1n) is 10.6. The molecule has 2 aromatic rings. The summed E-state index contributed by atoms with van der Waals surface area (Å²) in [5, 5.41) is 6.00. The van der Waals surface area contributed by atoms with Crippen LogP contribution in [0.3, 0.4) is 0 Å². The minimum Gasteiger partial charge on any atom is -0.467 e. The molecule has 2 unspecified atom stereocenters. The molecule has 5 rings (SSSR count). The SMILES string of the molecule is O=C(CN1C(=O)N(Cc2ccc3c(c2)OCO3)C(=O)C2NCCCC21)NCc1ccco1. The normalized spacial score (nSPS) is 22.1. The fourth-order valence-electron chi connectivity index (χ4n) is 4.38. The fourth-order valence-corrected chi connectivity index (χ4v) is 4.38. The highest BCUT2D eigenvalue weighted by Gasteiger charge is 2.47. The Balaban J connectivity index is 1.33. The van der Waals surface area contributed by atoms with Crippen LogP contribution in [0.4, 0.5) is 4.79 Å². The molecule has 4 amide bonds. The van der Waals surface area contributed by atoms with Crippen molar-refractivity contribution < 1.29 is 28.3 Å². The van der Waals surface area contributed by atoms with Gasteiger partial charge in [0.15, 0.2) is 11.5 Å². The Morgan fingerprint density at radius 1 is 1.19 bits per heavy atom. The number of nitrogens with zero attached hydrogens (tertiary/aromatic N) is 2. The van der Waals surface area contributed by atoms with Crippen molar-refractivity contribution in [2.24, 2.45) is 0 Å². The second kappa shape index (κ2) is 8.54. The Hall–Kier alpha value is -3.53. The summed E-state index contributed by atoms with van der Waals surface area (Å²) in [4.78, 5) is 41.8. The number of nitrogens with one attached hydrogen (secondary N) is 2. The smallest absolute Gasteiger partial charge is 0.327 e. The monoisotopic (exact) mass is 440 g/mol. The fraction of sp³-hybridized carbons (Fsp3) is 0.409. The van der Waals surface area contributed by atoms with E-state index in [0.29, 0.717) is 30.2 Å². The van der Waals surface area contributed by atoms with Crippen molar-refractivity contribution in [3.8, 4) is 11.5 Å². The van der Waals surface area contributed by atoms with Crippen molar-refractivity contribution >= 4 is 17.8 Å². The minimum atomic E-state index is -0.534. The van der Waals surface area contributed by atoms with Crippen molar-refractivity contribution in [1.82, 2.24) is 20.4 Å². The number of fused-ring (bicyclic) bond motifs is 2. The van der Waals surface area contributed by atoms with Crippen LogP contribution in [0.1, 0.15) is 24.2 Å². The van der Waals surface area contributed by atoms with E-state index in [2.05, 4.69) is 10.6 Å². The third kappa shape index (κ3) is 3.89. The number of ether oxygens (including phenoxy) is 2. The van der Waals surface area contributed by atoms with E-state index in [0.717, 1.165) is 12.0 Å². The van der Waals surface area contributed by atoms with E-state index in [-0.39, 0.29) is 44.3 Å². The number of amides is 4. The molecule has 168 valence electrons. The zero-order valence-corrected chi connectivity index (χ0v) is 17.4. The average Bonchev–Trinajstić information content (AvgIpc) is 3.50. The van der Waals surface area contributed by atoms with Gasteiger partial charge in [0, 0.05) is 0 Å². The third-order valence-corrected chi connectivity index (χ3v) is 5.97. The van der Waals surface area contributed by atoms with Crippen LogP contribution in [-0.2, 0) is 22.7 Å². The van der Waals surface area contributed by atoms with Gasteiger partial charge in [-0.05, 0) is 49.2 Å². The van der Waals surface area contributed by atoms with Crippen LogP contribution in [0.25, 0.3) is 0 Å². The number of hydrogen-bond acceptors (Lipinski definition) is 7. The standard InChI is InChI=1S/C22H24N4O6/c27-19(24-10-15-3-2-8-30-15)12-25-16-4-1-7-23-20(16)21(28)26(22(25)29)11-14-5-6-17-18(9-14)32-13-31-17/h2-3,5-6,8-9,16,20,23H,1,4,7,10-13H2,(H,24,27). The maximum atomic E-state index is 13.3. The van der Waals surface area contributed by atoms with E-state index in [1.165, 1.54) is 16.1 Å². The van der Waals surface area contributed by atoms with Crippen LogP contribution in [-0.4, -0.2) is 59.6 Å². The number of benzene rings is 1. The molecule has 0 aliphatic carbocycles. The highest BCUT2D eigenvalue weighted by Crippen LogP contribution is 2.33. The van der Waals surface area contributed by atoms with Crippen LogP contribution >= 0.6 is 0 Å². The maximum Gasteiger partial charge on any atom is 0.327 e. The lowest BCUT2D eigenvalue weighted by atomic mass is 9.93. The molecule has 0 bridgehead atoms. The summed E-state index contributed by atoms with van der Waals surface area (Å²) >= 11 is 0. The van der Waals surface area contributed by atoms with Gasteiger partial charge < -0.3 is 29.4 Å². The summed E-state index contributed by atoms with van der Waals surface area (Å²) in [6, 6.07) is 7.48. The van der Waals surface area contributed by atoms with E-state index in [1.807, 2.05) is 0 Å². The Morgan fingerprint density at radius 2 is 2.06 bits per heavy atom. The molecule has 2 saturated heterocycles. The molecule has 4 heterocycles. The Kier molecular flexibility index (Phi) is 5.44. The first kappa shape index (κ1) is 20.4. The lowest BCUT2D eigenvalue weighted by Gasteiger charge is -2.46. The molecule has 0 radical (unpaired) electrons. The number of hydrogen-bond donors (Lipinski definition) is 2. The number of imide groups is 1. The highest BCUT2D eigenvalue weighted by atomic mass is 16.7. The first-order chi connectivity index (χ1) is 15.6. The molecule has 2 fully saturated rings. The van der Waals surface area contributed by atoms with Crippen molar-refractivity contribution in [2.75, 3.05) is 19.9 Å². The summed E-state index contributed by atoms with van der Waals surface area (Å²) in [7, 11) is 0. The summed E-state index contributed by atoms with van der Waals surface area (Å²) in [6.07, 6.45) is 3.03. The van der Waals surface area contributed by atoms with E-state index < -0.39 is 12.1 Å². The minimum absolute atomic E-state index is 0.0870. The number of furan rings is 1. The largest absolute Gasteiger partial charge is 0.467 e. The van der Waals surface area contributed by atoms with E-state index in [9.17, 15) is 14.4 Å². The third-order valence-electron chi connectivity index (χ3n) is 5.97. The van der Waals surface area contributed by atoms with Gasteiger partial charge in [-0.3, -0.25) is 14.5 Å². The molecule has 32 heavy (non-hydrogen) atoms. The topological polar surface area (TPSA) is 113 Å². The van der Waals surface area contributed by atoms with Gasteiger partial charge in [0.1, 0.15) is 18.3 Å². The van der Waals surface area contributed by atoms with Gasteiger partial charge in [-0.2, -0.15) is 0 Å². The molecular formula is C22H24N4O6. The van der Waals surface area contributed by atoms with Crippen molar-refractivity contribution in [2.45, 2.75) is 38.0 Å². The van der Waals surface area contributed by atoms with Crippen LogP contribution in [0.2, 0.25) is 0 Å². The summed E-state index contributed by atoms with van der Waals surface area (Å²) in [5.74, 6) is 1.26. The van der Waals surface area contributed by atoms with Crippen molar-refractivity contribution in [3.05, 3.63) is 47.9 Å². The van der Waals surface area contributed by atoms with Gasteiger partial charge in [-0.1, -0.05) is 6.07 Å². The van der Waals surface area contributed by atoms with Crippen molar-refractivity contribution in [1.29, 1.82) is 0 Å². The van der Waals surface area contributed by atoms with Crippen LogP contribution in [0.5, 0.6) is 11.5 Å². The maximum absolute atomic E-state index is 13.3. The highest BCUT2D eigenvalue weighted by molar-refractivity contribution is 6.01. The number of piperidine rings is 1. The number of carbonyl (C=O) groups excluding carboxylic acids is 3. The molecular weight excluding hydrogens is 416 g/mol. The second-order valence-corrected chi connectivity index (χ2v) is 8.02. The van der Waals surface area contributed by atoms with Gasteiger partial charge in [0.25, 0.3) is 0 Å². The summed E-state index contributed by atoms with van der Waals surface area (Å²) in [5.41, 5.74) is 0.743. The number of carbonyl (C=O) groups is 3. The van der Waals surface area contributed by atoms with Gasteiger partial charge in [-0.15, -0.1) is 0 Å². The molecule has 3 aliphatic heterocycles. The van der Waals surface area contributed by atoms with E-state index in [4.69, 9.17) is 13.9 Å². The molecule has 3 aliphatic rings. The van der Waals surface area contributed by atoms with Gasteiger partial charge in [-0.25, -0.2) is 4.79 Å². The molecule has 10 heteroatoms. The molecule has 0 saturated carbocycles. The predicted molar refractivity (Wildman–Crippen MR) is 111 cm³/mol. The van der Waals surface area contributed by atoms with Crippen LogP contribution in [0.15, 0.2) is 41.0 Å². The van der Waals surface area contributed by atoms with Gasteiger partial charge >= 0.3 is 6.03 Å². The quantitative estimate of drug-likeness (QED) is 0.694. The molecule has 1 aromatic heterocycles. The zero-order chi connectivity index (χ0) is 22.1. The second-order valence-electron chi connectivity index (χ2n) is 8.02. The van der Waals surface area contributed by atoms with Crippen LogP contribution < -0.4 is 20.1 Å². The zero-order valence-electron chi connectivity index (χ0n) is 17.4. The predicted octanol–water partition coefficient (Wildman–Crippen LogP) is 1.21. The van der Waals surface area contributed by atoms with Gasteiger partial charge in [0.05, 0.1) is 25.4 Å². The summed E-state index contributed by atoms with van der Waals surface area (Å²) in [6.45, 7) is 1.03. The molecule has 0 spiro atoms. The average molecular weight is 440 g/mol. The first-order valence-corrected chi connectivity index (χ1v) is 10.6. The number of urea groups is 1. The molecule has 1 aromatic carbocycles. The summed E-state index contributed by atoms with van der Waals surface area (Å²) < 4.78 is 16.0. The molecule has 2 atom stereocenters. The van der Waals surface area contributed by atoms with E-state index in [1.54, 1.807) is 30.3 Å². The van der Waals surface area contributed by atoms with Gasteiger partial charge in [0.2, 0.25) is 18.6 Å². The lowest BCUT2D eigenvalue weighted by Crippen LogP contribution is -2.70. The Labute approximate surface area is 184 Å². The van der Waals surface area contributed by atoms with Crippen molar-refractivity contribution in [3.63, 3.8) is 0 Å². The number of rotatable bonds is 6. The Bertz CT molecular complexity index is 1020. The van der Waals surface area contributed by atoms with E-state index >= 15 is 0 Å². The Morgan fingerprint density at radius 3 is 2.91 bits per heavy atom. The molecule has 2 N–H and O–H groups in total.